The Bertz CT molecular complexity index is 490. The molecule has 1 aromatic rings. The molecule has 0 aromatic heterocycles. The number of hydrogen-bond donors (Lipinski definition) is 1. The highest BCUT2D eigenvalue weighted by molar-refractivity contribution is 7.92. The molecule has 86 valence electrons. The Morgan fingerprint density at radius 2 is 1.94 bits per heavy atom. The smallest absolute Gasteiger partial charge is 0.335 e. The van der Waals surface area contributed by atoms with Crippen molar-refractivity contribution in [2.45, 2.75) is 0 Å². The molecule has 1 N–H and O–H groups in total. The summed E-state index contributed by atoms with van der Waals surface area (Å²) in [5.41, 5.74) is 0.404. The monoisotopic (exact) mass is 241 g/mol. The van der Waals surface area contributed by atoms with Crippen molar-refractivity contribution in [3.63, 3.8) is 0 Å². The summed E-state index contributed by atoms with van der Waals surface area (Å²) in [5, 5.41) is 0. The number of esters is 1. The minimum Gasteiger partial charge on any atom is -0.423 e. The van der Waals surface area contributed by atoms with Gasteiger partial charge in [-0.1, -0.05) is 6.58 Å². The van der Waals surface area contributed by atoms with Crippen molar-refractivity contribution < 1.29 is 17.9 Å². The quantitative estimate of drug-likeness (QED) is 0.487. The number of ether oxygens (including phenoxy) is 1. The summed E-state index contributed by atoms with van der Waals surface area (Å²) in [5.74, 6) is -0.243. The Morgan fingerprint density at radius 1 is 1.38 bits per heavy atom. The molecule has 0 atom stereocenters. The molecule has 0 spiro atoms. The highest BCUT2D eigenvalue weighted by Gasteiger charge is 2.03. The van der Waals surface area contributed by atoms with E-state index in [0.29, 0.717) is 11.4 Å². The Balaban J connectivity index is 2.75. The lowest BCUT2D eigenvalue weighted by Gasteiger charge is -2.05. The SMILES string of the molecule is C=CC(=O)Oc1ccc(NS(C)(=O)=O)cc1. The van der Waals surface area contributed by atoms with Crippen molar-refractivity contribution >= 4 is 21.7 Å². The van der Waals surface area contributed by atoms with Crippen LogP contribution in [0, 0.1) is 0 Å². The van der Waals surface area contributed by atoms with Gasteiger partial charge in [-0.3, -0.25) is 4.72 Å². The molecule has 0 fully saturated rings. The van der Waals surface area contributed by atoms with E-state index in [9.17, 15) is 13.2 Å². The van der Waals surface area contributed by atoms with E-state index in [0.717, 1.165) is 12.3 Å². The molecular weight excluding hydrogens is 230 g/mol. The maximum absolute atomic E-state index is 10.9. The molecular formula is C10H11NO4S. The van der Waals surface area contributed by atoms with Crippen LogP contribution in [-0.2, 0) is 14.8 Å². The molecule has 0 amide bonds. The first-order valence-corrected chi connectivity index (χ1v) is 6.22. The van der Waals surface area contributed by atoms with Gasteiger partial charge in [0.25, 0.3) is 0 Å². The third kappa shape index (κ3) is 4.14. The highest BCUT2D eigenvalue weighted by atomic mass is 32.2. The van der Waals surface area contributed by atoms with Gasteiger partial charge in [0, 0.05) is 11.8 Å². The lowest BCUT2D eigenvalue weighted by molar-refractivity contribution is -0.128. The Kier molecular flexibility index (Phi) is 3.68. The molecule has 0 aliphatic heterocycles. The van der Waals surface area contributed by atoms with Gasteiger partial charge in [-0.25, -0.2) is 13.2 Å². The molecule has 0 heterocycles. The summed E-state index contributed by atoms with van der Waals surface area (Å²) in [6.45, 7) is 3.26. The Labute approximate surface area is 93.8 Å². The summed E-state index contributed by atoms with van der Waals surface area (Å²) in [6, 6.07) is 5.95. The second-order valence-corrected chi connectivity index (χ2v) is 4.77. The first-order chi connectivity index (χ1) is 7.40. The van der Waals surface area contributed by atoms with Crippen molar-refractivity contribution in [3.05, 3.63) is 36.9 Å². The van der Waals surface area contributed by atoms with Gasteiger partial charge in [-0.2, -0.15) is 0 Å². The summed E-state index contributed by atoms with van der Waals surface area (Å²) >= 11 is 0. The summed E-state index contributed by atoms with van der Waals surface area (Å²) in [4.78, 5) is 10.8. The van der Waals surface area contributed by atoms with Crippen LogP contribution in [0.4, 0.5) is 5.69 Å². The maximum atomic E-state index is 10.9. The van der Waals surface area contributed by atoms with Gasteiger partial charge in [-0.05, 0) is 24.3 Å². The number of anilines is 1. The van der Waals surface area contributed by atoms with Crippen LogP contribution in [0.3, 0.4) is 0 Å². The molecule has 0 saturated heterocycles. The van der Waals surface area contributed by atoms with Crippen LogP contribution in [-0.4, -0.2) is 20.6 Å². The van der Waals surface area contributed by atoms with Gasteiger partial charge < -0.3 is 4.74 Å². The molecule has 0 saturated carbocycles. The third-order valence-electron chi connectivity index (χ3n) is 1.54. The standard InChI is InChI=1S/C10H11NO4S/c1-3-10(12)15-9-6-4-8(5-7-9)11-16(2,13)14/h3-7,11H,1H2,2H3. The van der Waals surface area contributed by atoms with Gasteiger partial charge in [0.15, 0.2) is 0 Å². The lowest BCUT2D eigenvalue weighted by Crippen LogP contribution is -2.09. The first kappa shape index (κ1) is 12.3. The molecule has 0 aliphatic rings. The van der Waals surface area contributed by atoms with Crippen LogP contribution in [0.15, 0.2) is 36.9 Å². The average Bonchev–Trinajstić information content (AvgIpc) is 2.18. The Hall–Kier alpha value is -1.82. The summed E-state index contributed by atoms with van der Waals surface area (Å²) in [6.07, 6.45) is 2.10. The zero-order valence-corrected chi connectivity index (χ0v) is 9.45. The molecule has 0 radical (unpaired) electrons. The maximum Gasteiger partial charge on any atom is 0.335 e. The second kappa shape index (κ2) is 4.80. The Morgan fingerprint density at radius 3 is 2.38 bits per heavy atom. The van der Waals surface area contributed by atoms with Crippen molar-refractivity contribution in [3.8, 4) is 5.75 Å². The number of nitrogens with one attached hydrogen (secondary N) is 1. The average molecular weight is 241 g/mol. The van der Waals surface area contributed by atoms with Gasteiger partial charge in [0.2, 0.25) is 10.0 Å². The molecule has 5 nitrogen and oxygen atoms in total. The lowest BCUT2D eigenvalue weighted by atomic mass is 10.3. The fourth-order valence-electron chi connectivity index (χ4n) is 0.963. The minimum atomic E-state index is -3.29. The molecule has 1 rings (SSSR count). The van der Waals surface area contributed by atoms with Gasteiger partial charge in [0.1, 0.15) is 5.75 Å². The van der Waals surface area contributed by atoms with Crippen LogP contribution in [0.2, 0.25) is 0 Å². The second-order valence-electron chi connectivity index (χ2n) is 3.02. The summed E-state index contributed by atoms with van der Waals surface area (Å²) in [7, 11) is -3.29. The fourth-order valence-corrected chi connectivity index (χ4v) is 1.53. The van der Waals surface area contributed by atoms with Crippen molar-refractivity contribution in [2.24, 2.45) is 0 Å². The number of benzene rings is 1. The van der Waals surface area contributed by atoms with E-state index in [2.05, 4.69) is 11.3 Å². The molecule has 16 heavy (non-hydrogen) atoms. The predicted octanol–water partition coefficient (Wildman–Crippen LogP) is 1.15. The largest absolute Gasteiger partial charge is 0.423 e. The normalized spacial score (nSPS) is 10.6. The fraction of sp³-hybridized carbons (Fsp3) is 0.100. The van der Waals surface area contributed by atoms with Crippen LogP contribution < -0.4 is 9.46 Å². The van der Waals surface area contributed by atoms with Crippen molar-refractivity contribution in [1.82, 2.24) is 0 Å². The topological polar surface area (TPSA) is 72.5 Å². The van der Waals surface area contributed by atoms with Crippen LogP contribution in [0.1, 0.15) is 0 Å². The van der Waals surface area contributed by atoms with E-state index < -0.39 is 16.0 Å². The van der Waals surface area contributed by atoms with E-state index in [1.165, 1.54) is 24.3 Å². The highest BCUT2D eigenvalue weighted by Crippen LogP contribution is 2.16. The van der Waals surface area contributed by atoms with Gasteiger partial charge >= 0.3 is 5.97 Å². The number of rotatable bonds is 4. The number of sulfonamides is 1. The van der Waals surface area contributed by atoms with Crippen LogP contribution >= 0.6 is 0 Å². The number of carbonyl (C=O) groups excluding carboxylic acids is 1. The third-order valence-corrected chi connectivity index (χ3v) is 2.15. The van der Waals surface area contributed by atoms with Crippen LogP contribution in [0.5, 0.6) is 5.75 Å². The molecule has 1 aromatic carbocycles. The molecule has 0 aliphatic carbocycles. The van der Waals surface area contributed by atoms with Gasteiger partial charge in [0.05, 0.1) is 6.26 Å². The predicted molar refractivity (Wildman–Crippen MR) is 60.7 cm³/mol. The molecule has 0 bridgehead atoms. The van der Waals surface area contributed by atoms with Crippen molar-refractivity contribution in [1.29, 1.82) is 0 Å². The minimum absolute atomic E-state index is 0.323. The summed E-state index contributed by atoms with van der Waals surface area (Å²) < 4.78 is 28.9. The zero-order chi connectivity index (χ0) is 12.2. The van der Waals surface area contributed by atoms with E-state index in [1.807, 2.05) is 0 Å². The van der Waals surface area contributed by atoms with E-state index >= 15 is 0 Å². The van der Waals surface area contributed by atoms with E-state index in [-0.39, 0.29) is 0 Å². The van der Waals surface area contributed by atoms with E-state index in [1.54, 1.807) is 0 Å². The van der Waals surface area contributed by atoms with Crippen molar-refractivity contribution in [2.75, 3.05) is 11.0 Å². The number of hydrogen-bond acceptors (Lipinski definition) is 4. The zero-order valence-electron chi connectivity index (χ0n) is 8.64. The molecule has 6 heteroatoms. The number of carbonyl (C=O) groups is 1. The molecule has 0 unspecified atom stereocenters. The van der Waals surface area contributed by atoms with E-state index in [4.69, 9.17) is 4.74 Å². The van der Waals surface area contributed by atoms with Crippen LogP contribution in [0.25, 0.3) is 0 Å². The first-order valence-electron chi connectivity index (χ1n) is 4.33. The van der Waals surface area contributed by atoms with Gasteiger partial charge in [-0.15, -0.1) is 0 Å².